The average Bonchev–Trinajstić information content (AvgIpc) is 2.76. The molecule has 100 valence electrons. The van der Waals surface area contributed by atoms with Crippen molar-refractivity contribution in [2.45, 2.75) is 13.1 Å². The van der Waals surface area contributed by atoms with E-state index in [9.17, 15) is 18.0 Å². The van der Waals surface area contributed by atoms with Gasteiger partial charge in [0, 0.05) is 5.56 Å². The van der Waals surface area contributed by atoms with Crippen LogP contribution in [0.3, 0.4) is 0 Å². The molecule has 0 radical (unpaired) electrons. The Bertz CT molecular complexity index is 609. The first-order valence-corrected chi connectivity index (χ1v) is 5.97. The lowest BCUT2D eigenvalue weighted by Crippen LogP contribution is -2.29. The number of carbonyl (C=O) groups is 1. The molecule has 1 amide bonds. The van der Waals surface area contributed by atoms with Crippen LogP contribution in [0.2, 0.25) is 0 Å². The van der Waals surface area contributed by atoms with E-state index < -0.39 is 12.1 Å². The first-order valence-electron chi connectivity index (χ1n) is 5.15. The summed E-state index contributed by atoms with van der Waals surface area (Å²) in [5.74, 6) is -2.06. The highest BCUT2D eigenvalue weighted by Gasteiger charge is 2.39. The van der Waals surface area contributed by atoms with Crippen LogP contribution in [0.1, 0.15) is 5.56 Å². The van der Waals surface area contributed by atoms with E-state index in [1.165, 1.54) is 0 Å². The van der Waals surface area contributed by atoms with Gasteiger partial charge < -0.3 is 0 Å². The molecule has 19 heavy (non-hydrogen) atoms. The van der Waals surface area contributed by atoms with Crippen molar-refractivity contribution in [3.05, 3.63) is 29.8 Å². The number of hydrogen-bond donors (Lipinski definition) is 1. The molecule has 0 fully saturated rings. The number of alkyl halides is 3. The van der Waals surface area contributed by atoms with E-state index in [1.807, 2.05) is 19.1 Å². The third-order valence-electron chi connectivity index (χ3n) is 2.28. The molecule has 0 unspecified atom stereocenters. The Morgan fingerprint density at radius 2 is 1.95 bits per heavy atom. The lowest BCUT2D eigenvalue weighted by Gasteiger charge is -2.03. The molecule has 0 bridgehead atoms. The zero-order valence-electron chi connectivity index (χ0n) is 9.65. The third kappa shape index (κ3) is 3.08. The van der Waals surface area contributed by atoms with Crippen molar-refractivity contribution in [1.82, 2.24) is 10.2 Å². The van der Waals surface area contributed by atoms with E-state index >= 15 is 0 Å². The second-order valence-electron chi connectivity index (χ2n) is 3.68. The van der Waals surface area contributed by atoms with E-state index in [1.54, 1.807) is 17.4 Å². The summed E-state index contributed by atoms with van der Waals surface area (Å²) in [6.45, 7) is 1.85. The van der Waals surface area contributed by atoms with Gasteiger partial charge >= 0.3 is 12.1 Å². The predicted molar refractivity (Wildman–Crippen MR) is 64.8 cm³/mol. The minimum absolute atomic E-state index is 0.180. The van der Waals surface area contributed by atoms with Gasteiger partial charge in [0.15, 0.2) is 0 Å². The van der Waals surface area contributed by atoms with Gasteiger partial charge in [-0.2, -0.15) is 13.2 Å². The van der Waals surface area contributed by atoms with Gasteiger partial charge in [-0.15, -0.1) is 10.2 Å². The van der Waals surface area contributed by atoms with Gasteiger partial charge in [-0.05, 0) is 12.5 Å². The minimum Gasteiger partial charge on any atom is -0.293 e. The summed E-state index contributed by atoms with van der Waals surface area (Å²) in [5, 5.41) is 9.24. The first-order chi connectivity index (χ1) is 8.88. The van der Waals surface area contributed by atoms with Gasteiger partial charge in [0.1, 0.15) is 5.01 Å². The number of benzene rings is 1. The van der Waals surface area contributed by atoms with E-state index in [-0.39, 0.29) is 5.13 Å². The molecule has 4 nitrogen and oxygen atoms in total. The maximum atomic E-state index is 12.1. The third-order valence-corrected chi connectivity index (χ3v) is 3.15. The summed E-state index contributed by atoms with van der Waals surface area (Å²) in [6, 6.07) is 7.26. The van der Waals surface area contributed by atoms with Crippen LogP contribution in [0.15, 0.2) is 24.3 Å². The molecule has 1 aromatic heterocycles. The van der Waals surface area contributed by atoms with Crippen molar-refractivity contribution in [2.24, 2.45) is 0 Å². The number of amides is 1. The van der Waals surface area contributed by atoms with Crippen molar-refractivity contribution in [3.63, 3.8) is 0 Å². The quantitative estimate of drug-likeness (QED) is 0.923. The van der Waals surface area contributed by atoms with Crippen molar-refractivity contribution in [3.8, 4) is 10.6 Å². The summed E-state index contributed by atoms with van der Waals surface area (Å²) in [4.78, 5) is 10.7. The fourth-order valence-corrected chi connectivity index (χ4v) is 2.19. The van der Waals surface area contributed by atoms with Gasteiger partial charge in [-0.3, -0.25) is 10.1 Å². The summed E-state index contributed by atoms with van der Waals surface area (Å²) in [6.07, 6.45) is -4.94. The minimum atomic E-state index is -4.94. The monoisotopic (exact) mass is 287 g/mol. The molecule has 2 aromatic rings. The van der Waals surface area contributed by atoms with Gasteiger partial charge in [0.05, 0.1) is 0 Å². The molecule has 0 aliphatic carbocycles. The Morgan fingerprint density at radius 3 is 2.58 bits per heavy atom. The highest BCUT2D eigenvalue weighted by Crippen LogP contribution is 2.29. The van der Waals surface area contributed by atoms with Gasteiger partial charge in [0.2, 0.25) is 5.13 Å². The number of aromatic nitrogens is 2. The normalized spacial score (nSPS) is 11.4. The molecule has 1 aromatic carbocycles. The lowest BCUT2D eigenvalue weighted by atomic mass is 10.1. The molecule has 0 saturated carbocycles. The topological polar surface area (TPSA) is 54.9 Å². The SMILES string of the molecule is Cc1ccccc1-c1nnc(NC(=O)C(F)(F)F)s1. The molecule has 2 rings (SSSR count). The van der Waals surface area contributed by atoms with Crippen molar-refractivity contribution in [2.75, 3.05) is 5.32 Å². The van der Waals surface area contributed by atoms with Crippen LogP contribution in [-0.2, 0) is 4.79 Å². The van der Waals surface area contributed by atoms with Crippen molar-refractivity contribution >= 4 is 22.4 Å². The number of hydrogen-bond acceptors (Lipinski definition) is 4. The fraction of sp³-hybridized carbons (Fsp3) is 0.182. The second-order valence-corrected chi connectivity index (χ2v) is 4.66. The maximum Gasteiger partial charge on any atom is 0.471 e. The number of aryl methyl sites for hydroxylation is 1. The van der Waals surface area contributed by atoms with Crippen LogP contribution in [0.4, 0.5) is 18.3 Å². The second kappa shape index (κ2) is 4.96. The number of rotatable bonds is 2. The van der Waals surface area contributed by atoms with Gasteiger partial charge in [0.25, 0.3) is 0 Å². The van der Waals surface area contributed by atoms with Crippen LogP contribution >= 0.6 is 11.3 Å². The number of carbonyl (C=O) groups excluding carboxylic acids is 1. The van der Waals surface area contributed by atoms with Gasteiger partial charge in [-0.1, -0.05) is 35.6 Å². The Labute approximate surface area is 110 Å². The van der Waals surface area contributed by atoms with Crippen LogP contribution in [0, 0.1) is 6.92 Å². The molecule has 8 heteroatoms. The standard InChI is InChI=1S/C11H8F3N3OS/c1-6-4-2-3-5-7(6)8-16-17-10(19-8)15-9(18)11(12,13)14/h2-5H,1H3,(H,15,17,18). The van der Waals surface area contributed by atoms with Crippen molar-refractivity contribution in [1.29, 1.82) is 0 Å². The van der Waals surface area contributed by atoms with Crippen LogP contribution < -0.4 is 5.32 Å². The molecule has 0 aliphatic rings. The van der Waals surface area contributed by atoms with Crippen LogP contribution in [0.5, 0.6) is 0 Å². The molecule has 0 saturated heterocycles. The summed E-state index contributed by atoms with van der Waals surface area (Å²) >= 11 is 0.890. The highest BCUT2D eigenvalue weighted by atomic mass is 32.1. The highest BCUT2D eigenvalue weighted by molar-refractivity contribution is 7.18. The van der Waals surface area contributed by atoms with E-state index in [0.717, 1.165) is 22.5 Å². The zero-order chi connectivity index (χ0) is 14.0. The summed E-state index contributed by atoms with van der Waals surface area (Å²) in [5.41, 5.74) is 1.69. The largest absolute Gasteiger partial charge is 0.471 e. The maximum absolute atomic E-state index is 12.1. The molecular formula is C11H8F3N3OS. The Morgan fingerprint density at radius 1 is 1.26 bits per heavy atom. The first kappa shape index (κ1) is 13.5. The predicted octanol–water partition coefficient (Wildman–Crippen LogP) is 3.01. The van der Waals surface area contributed by atoms with Crippen LogP contribution in [-0.4, -0.2) is 22.3 Å². The Kier molecular flexibility index (Phi) is 3.52. The molecule has 1 N–H and O–H groups in total. The van der Waals surface area contributed by atoms with E-state index in [0.29, 0.717) is 5.01 Å². The van der Waals surface area contributed by atoms with Gasteiger partial charge in [-0.25, -0.2) is 0 Å². The summed E-state index contributed by atoms with van der Waals surface area (Å²) in [7, 11) is 0. The Balaban J connectivity index is 2.21. The molecule has 0 atom stereocenters. The van der Waals surface area contributed by atoms with Crippen LogP contribution in [0.25, 0.3) is 10.6 Å². The number of anilines is 1. The molecule has 0 spiro atoms. The smallest absolute Gasteiger partial charge is 0.293 e. The number of halogens is 3. The summed E-state index contributed by atoms with van der Waals surface area (Å²) < 4.78 is 36.2. The zero-order valence-corrected chi connectivity index (χ0v) is 10.5. The lowest BCUT2D eigenvalue weighted by molar-refractivity contribution is -0.167. The number of nitrogens with one attached hydrogen (secondary N) is 1. The molecule has 1 heterocycles. The number of nitrogens with zero attached hydrogens (tertiary/aromatic N) is 2. The fourth-order valence-electron chi connectivity index (χ4n) is 1.36. The molecular weight excluding hydrogens is 279 g/mol. The Hall–Kier alpha value is -1.96. The van der Waals surface area contributed by atoms with E-state index in [4.69, 9.17) is 0 Å². The molecule has 0 aliphatic heterocycles. The van der Waals surface area contributed by atoms with E-state index in [2.05, 4.69) is 10.2 Å². The average molecular weight is 287 g/mol. The van der Waals surface area contributed by atoms with Crippen molar-refractivity contribution < 1.29 is 18.0 Å².